The number of aliphatic hydroxyl groups is 1. The zero-order valence-corrected chi connectivity index (χ0v) is 21.8. The topological polar surface area (TPSA) is 88.1 Å². The molecule has 192 valence electrons. The number of ether oxygens (including phenoxy) is 2. The first-order chi connectivity index (χ1) is 16.3. The predicted molar refractivity (Wildman–Crippen MR) is 139 cm³/mol. The Labute approximate surface area is 209 Å². The fraction of sp³-hybridized carbons (Fsp3) is 0.500. The maximum Gasteiger partial charge on any atom is 0.414 e. The number of carbonyl (C=O) groups excluding carboxylic acids is 2. The number of aliphatic hydroxyl groups excluding tert-OH is 1. The number of aryl methyl sites for hydroxylation is 1. The fourth-order valence-electron chi connectivity index (χ4n) is 3.42. The lowest BCUT2D eigenvalue weighted by Crippen LogP contribution is -2.37. The third-order valence-electron chi connectivity index (χ3n) is 4.96. The Morgan fingerprint density at radius 3 is 2.23 bits per heavy atom. The van der Waals surface area contributed by atoms with Gasteiger partial charge in [-0.15, -0.1) is 0 Å². The number of rotatable bonds is 9. The second-order valence-corrected chi connectivity index (χ2v) is 10.5. The first-order valence-electron chi connectivity index (χ1n) is 12.1. The highest BCUT2D eigenvalue weighted by atomic mass is 16.6. The van der Waals surface area contributed by atoms with Gasteiger partial charge in [0, 0.05) is 18.8 Å². The molecule has 7 heteroatoms. The standard InChI is InChI=1S/C28H40N2O5/c1-27(2,3)34-25(32)29-18-17-24(31)22-15-10-16-23(20-22)30(26(33)35-28(4,5)6)19-11-14-21-12-8-7-9-13-21/h7-10,12-13,15-16,20,24,31H,11,14,17-19H2,1-6H3,(H,29,32). The molecule has 2 aromatic carbocycles. The lowest BCUT2D eigenvalue weighted by Gasteiger charge is -2.28. The second kappa shape index (κ2) is 12.6. The molecule has 2 amide bonds. The molecule has 35 heavy (non-hydrogen) atoms. The highest BCUT2D eigenvalue weighted by molar-refractivity contribution is 5.88. The molecular formula is C28H40N2O5. The van der Waals surface area contributed by atoms with E-state index >= 15 is 0 Å². The van der Waals surface area contributed by atoms with E-state index in [-0.39, 0.29) is 6.54 Å². The first-order valence-corrected chi connectivity index (χ1v) is 12.1. The zero-order chi connectivity index (χ0) is 26.1. The number of hydrogen-bond donors (Lipinski definition) is 2. The minimum Gasteiger partial charge on any atom is -0.444 e. The molecule has 0 saturated heterocycles. The van der Waals surface area contributed by atoms with Crippen LogP contribution in [0.5, 0.6) is 0 Å². The number of nitrogens with zero attached hydrogens (tertiary/aromatic N) is 1. The van der Waals surface area contributed by atoms with Gasteiger partial charge in [-0.3, -0.25) is 4.90 Å². The van der Waals surface area contributed by atoms with Gasteiger partial charge in [-0.25, -0.2) is 9.59 Å². The van der Waals surface area contributed by atoms with Crippen LogP contribution in [0.15, 0.2) is 54.6 Å². The molecule has 7 nitrogen and oxygen atoms in total. The van der Waals surface area contributed by atoms with E-state index in [2.05, 4.69) is 17.4 Å². The number of nitrogens with one attached hydrogen (secondary N) is 1. The third kappa shape index (κ3) is 10.8. The van der Waals surface area contributed by atoms with Crippen molar-refractivity contribution >= 4 is 17.9 Å². The van der Waals surface area contributed by atoms with Gasteiger partial charge in [0.15, 0.2) is 0 Å². The maximum atomic E-state index is 13.0. The molecule has 2 rings (SSSR count). The maximum absolute atomic E-state index is 13.0. The Morgan fingerprint density at radius 1 is 0.943 bits per heavy atom. The van der Waals surface area contributed by atoms with E-state index in [1.165, 1.54) is 5.56 Å². The van der Waals surface area contributed by atoms with Crippen molar-refractivity contribution in [2.45, 2.75) is 78.1 Å². The molecule has 1 atom stereocenters. The van der Waals surface area contributed by atoms with Crippen LogP contribution in [0.3, 0.4) is 0 Å². The van der Waals surface area contributed by atoms with E-state index in [1.807, 2.05) is 51.1 Å². The number of carbonyl (C=O) groups is 2. The summed E-state index contributed by atoms with van der Waals surface area (Å²) in [5.41, 5.74) is 1.31. The van der Waals surface area contributed by atoms with Gasteiger partial charge in [0.1, 0.15) is 11.2 Å². The van der Waals surface area contributed by atoms with Gasteiger partial charge in [-0.1, -0.05) is 42.5 Å². The Kier molecular flexibility index (Phi) is 10.1. The SMILES string of the molecule is CC(C)(C)OC(=O)NCCC(O)c1cccc(N(CCCc2ccccc2)C(=O)OC(C)(C)C)c1. The van der Waals surface area contributed by atoms with Gasteiger partial charge in [0.05, 0.1) is 6.10 Å². The number of hydrogen-bond acceptors (Lipinski definition) is 5. The Bertz CT molecular complexity index is 948. The van der Waals surface area contributed by atoms with Crippen molar-refractivity contribution in [3.05, 3.63) is 65.7 Å². The summed E-state index contributed by atoms with van der Waals surface area (Å²) in [5.74, 6) is 0. The van der Waals surface area contributed by atoms with Gasteiger partial charge in [0.25, 0.3) is 0 Å². The summed E-state index contributed by atoms with van der Waals surface area (Å²) in [5, 5.41) is 13.4. The minimum atomic E-state index is -0.810. The third-order valence-corrected chi connectivity index (χ3v) is 4.96. The number of amides is 2. The van der Waals surface area contributed by atoms with Crippen molar-refractivity contribution in [3.63, 3.8) is 0 Å². The summed E-state index contributed by atoms with van der Waals surface area (Å²) < 4.78 is 10.9. The average molecular weight is 485 g/mol. The van der Waals surface area contributed by atoms with Crippen LogP contribution in [0, 0.1) is 0 Å². The summed E-state index contributed by atoms with van der Waals surface area (Å²) in [6.45, 7) is 11.6. The van der Waals surface area contributed by atoms with Gasteiger partial charge in [0.2, 0.25) is 0 Å². The van der Waals surface area contributed by atoms with Gasteiger partial charge < -0.3 is 19.9 Å². The number of alkyl carbamates (subject to hydrolysis) is 1. The minimum absolute atomic E-state index is 0.257. The predicted octanol–water partition coefficient (Wildman–Crippen LogP) is 6.01. The lowest BCUT2D eigenvalue weighted by atomic mass is 10.1. The monoisotopic (exact) mass is 484 g/mol. The smallest absolute Gasteiger partial charge is 0.414 e. The van der Waals surface area contributed by atoms with Crippen LogP contribution in [0.4, 0.5) is 15.3 Å². The highest BCUT2D eigenvalue weighted by Crippen LogP contribution is 2.25. The summed E-state index contributed by atoms with van der Waals surface area (Å²) >= 11 is 0. The van der Waals surface area contributed by atoms with E-state index in [0.717, 1.165) is 12.8 Å². The molecule has 1 unspecified atom stereocenters. The molecule has 0 aliphatic rings. The van der Waals surface area contributed by atoms with Gasteiger partial charge in [-0.05, 0) is 84.1 Å². The Morgan fingerprint density at radius 2 is 1.60 bits per heavy atom. The van der Waals surface area contributed by atoms with Crippen LogP contribution in [0.25, 0.3) is 0 Å². The Hall–Kier alpha value is -3.06. The Balaban J connectivity index is 2.07. The second-order valence-electron chi connectivity index (χ2n) is 10.5. The van der Waals surface area contributed by atoms with Crippen molar-refractivity contribution in [2.75, 3.05) is 18.0 Å². The van der Waals surface area contributed by atoms with Crippen molar-refractivity contribution < 1.29 is 24.2 Å². The molecule has 0 fully saturated rings. The van der Waals surface area contributed by atoms with Crippen molar-refractivity contribution in [1.29, 1.82) is 0 Å². The van der Waals surface area contributed by atoms with E-state index in [1.54, 1.807) is 37.8 Å². The summed E-state index contributed by atoms with van der Waals surface area (Å²) in [6, 6.07) is 17.4. The lowest BCUT2D eigenvalue weighted by molar-refractivity contribution is 0.0515. The van der Waals surface area contributed by atoms with E-state index in [9.17, 15) is 14.7 Å². The quantitative estimate of drug-likeness (QED) is 0.455. The molecule has 0 aromatic heterocycles. The molecular weight excluding hydrogens is 444 g/mol. The molecule has 0 heterocycles. The zero-order valence-electron chi connectivity index (χ0n) is 21.8. The van der Waals surface area contributed by atoms with E-state index in [0.29, 0.717) is 24.2 Å². The van der Waals surface area contributed by atoms with Crippen molar-refractivity contribution in [3.8, 4) is 0 Å². The fourth-order valence-corrected chi connectivity index (χ4v) is 3.42. The summed E-state index contributed by atoms with van der Waals surface area (Å²) in [7, 11) is 0. The first kappa shape index (κ1) is 28.2. The highest BCUT2D eigenvalue weighted by Gasteiger charge is 2.24. The van der Waals surface area contributed by atoms with Crippen LogP contribution in [0.1, 0.15) is 71.6 Å². The van der Waals surface area contributed by atoms with Crippen LogP contribution in [-0.4, -0.2) is 41.6 Å². The van der Waals surface area contributed by atoms with Gasteiger partial charge >= 0.3 is 12.2 Å². The molecule has 0 radical (unpaired) electrons. The molecule has 2 N–H and O–H groups in total. The number of benzene rings is 2. The summed E-state index contributed by atoms with van der Waals surface area (Å²) in [6.07, 6.45) is 0.143. The van der Waals surface area contributed by atoms with E-state index in [4.69, 9.17) is 9.47 Å². The average Bonchev–Trinajstić information content (AvgIpc) is 2.75. The van der Waals surface area contributed by atoms with Crippen LogP contribution in [-0.2, 0) is 15.9 Å². The molecule has 0 bridgehead atoms. The molecule has 0 spiro atoms. The van der Waals surface area contributed by atoms with Crippen LogP contribution in [0.2, 0.25) is 0 Å². The van der Waals surface area contributed by atoms with Crippen LogP contribution < -0.4 is 10.2 Å². The summed E-state index contributed by atoms with van der Waals surface area (Å²) in [4.78, 5) is 26.5. The molecule has 2 aromatic rings. The number of anilines is 1. The largest absolute Gasteiger partial charge is 0.444 e. The van der Waals surface area contributed by atoms with Crippen LogP contribution >= 0.6 is 0 Å². The molecule has 0 aliphatic carbocycles. The normalized spacial score (nSPS) is 12.5. The van der Waals surface area contributed by atoms with Crippen molar-refractivity contribution in [2.24, 2.45) is 0 Å². The molecule has 0 aliphatic heterocycles. The molecule has 0 saturated carbocycles. The van der Waals surface area contributed by atoms with Gasteiger partial charge in [-0.2, -0.15) is 0 Å². The van der Waals surface area contributed by atoms with Crippen molar-refractivity contribution in [1.82, 2.24) is 5.32 Å². The van der Waals surface area contributed by atoms with E-state index < -0.39 is 29.5 Å².